The van der Waals surface area contributed by atoms with E-state index in [1.54, 1.807) is 36.0 Å². The maximum atomic E-state index is 14.9. The average molecular weight is 397 g/mol. The van der Waals surface area contributed by atoms with Crippen LogP contribution < -0.4 is 10.1 Å². The predicted molar refractivity (Wildman–Crippen MR) is 103 cm³/mol. The van der Waals surface area contributed by atoms with Crippen LogP contribution in [0.5, 0.6) is 5.75 Å². The smallest absolute Gasteiger partial charge is 0.231 e. The molecule has 3 aromatic heterocycles. The minimum absolute atomic E-state index is 0.124. The van der Waals surface area contributed by atoms with Crippen LogP contribution in [-0.2, 0) is 4.79 Å². The Hall–Kier alpha value is -3.49. The van der Waals surface area contributed by atoms with Gasteiger partial charge in [0.1, 0.15) is 17.3 Å². The van der Waals surface area contributed by atoms with Gasteiger partial charge in [0.05, 0.1) is 25.4 Å². The van der Waals surface area contributed by atoms with Gasteiger partial charge in [-0.1, -0.05) is 0 Å². The highest BCUT2D eigenvalue weighted by molar-refractivity contribution is 5.99. The van der Waals surface area contributed by atoms with E-state index in [9.17, 15) is 13.6 Å². The standard InChI is InChI=1S/C20H17F2N5O2/c1-9-16(12-6-23-26-18(12)19(29-2)17(9)22)10-3-4-15-24-14(8-27(15)7-10)25-20(28)11-5-13(11)21/h3-4,6-8,11,13H,5H2,1-2H3,(H,23,26)(H,25,28). The van der Waals surface area contributed by atoms with Gasteiger partial charge in [0.2, 0.25) is 5.91 Å². The van der Waals surface area contributed by atoms with E-state index in [1.165, 1.54) is 7.11 Å². The van der Waals surface area contributed by atoms with Crippen molar-refractivity contribution >= 4 is 28.3 Å². The fraction of sp³-hybridized carbons (Fsp3) is 0.250. The summed E-state index contributed by atoms with van der Waals surface area (Å²) in [4.78, 5) is 16.3. The molecule has 1 amide bonds. The number of alkyl halides is 1. The molecule has 5 rings (SSSR count). The molecule has 2 unspecified atom stereocenters. The Morgan fingerprint density at radius 2 is 2.17 bits per heavy atom. The van der Waals surface area contributed by atoms with Gasteiger partial charge in [0.15, 0.2) is 17.4 Å². The molecule has 3 heterocycles. The van der Waals surface area contributed by atoms with Crippen molar-refractivity contribution in [3.63, 3.8) is 0 Å². The first-order valence-electron chi connectivity index (χ1n) is 9.11. The third kappa shape index (κ3) is 2.72. The number of carbonyl (C=O) groups is 1. The number of fused-ring (bicyclic) bond motifs is 2. The molecular formula is C20H17F2N5O2. The molecule has 1 aliphatic carbocycles. The van der Waals surface area contributed by atoms with Crippen LogP contribution in [0.4, 0.5) is 14.6 Å². The highest BCUT2D eigenvalue weighted by atomic mass is 19.1. The van der Waals surface area contributed by atoms with E-state index >= 15 is 0 Å². The van der Waals surface area contributed by atoms with E-state index in [1.807, 2.05) is 6.07 Å². The van der Waals surface area contributed by atoms with Gasteiger partial charge < -0.3 is 14.5 Å². The van der Waals surface area contributed by atoms with Gasteiger partial charge in [-0.05, 0) is 36.6 Å². The molecule has 1 aromatic carbocycles. The molecule has 0 radical (unpaired) electrons. The Bertz CT molecular complexity index is 1280. The molecule has 0 aliphatic heterocycles. The molecule has 2 atom stereocenters. The van der Waals surface area contributed by atoms with Crippen LogP contribution in [0.1, 0.15) is 12.0 Å². The molecule has 7 nitrogen and oxygen atoms in total. The zero-order valence-electron chi connectivity index (χ0n) is 15.7. The number of halogens is 2. The lowest BCUT2D eigenvalue weighted by atomic mass is 9.97. The van der Waals surface area contributed by atoms with Gasteiger partial charge in [-0.3, -0.25) is 9.89 Å². The van der Waals surface area contributed by atoms with Crippen molar-refractivity contribution in [2.75, 3.05) is 12.4 Å². The molecule has 0 bridgehead atoms. The molecule has 1 fully saturated rings. The van der Waals surface area contributed by atoms with Crippen LogP contribution in [0.2, 0.25) is 0 Å². The number of H-pyrrole nitrogens is 1. The number of nitrogens with zero attached hydrogens (tertiary/aromatic N) is 3. The summed E-state index contributed by atoms with van der Waals surface area (Å²) in [5.41, 5.74) is 2.96. The fourth-order valence-corrected chi connectivity index (χ4v) is 3.66. The van der Waals surface area contributed by atoms with E-state index in [0.717, 1.165) is 10.9 Å². The van der Waals surface area contributed by atoms with E-state index in [0.29, 0.717) is 28.1 Å². The molecule has 29 heavy (non-hydrogen) atoms. The molecule has 148 valence electrons. The summed E-state index contributed by atoms with van der Waals surface area (Å²) in [7, 11) is 1.41. The second kappa shape index (κ2) is 6.26. The number of nitrogens with one attached hydrogen (secondary N) is 2. The van der Waals surface area contributed by atoms with Gasteiger partial charge >= 0.3 is 0 Å². The van der Waals surface area contributed by atoms with E-state index in [4.69, 9.17) is 4.74 Å². The van der Waals surface area contributed by atoms with E-state index in [-0.39, 0.29) is 18.1 Å². The van der Waals surface area contributed by atoms with E-state index in [2.05, 4.69) is 20.5 Å². The number of hydrogen-bond acceptors (Lipinski definition) is 4. The SMILES string of the molecule is COc1c(F)c(C)c(-c2ccc3nc(NC(=O)C4CC4F)cn3c2)c2cn[nH]c12. The fourth-order valence-electron chi connectivity index (χ4n) is 3.66. The third-order valence-corrected chi connectivity index (χ3v) is 5.28. The molecule has 0 spiro atoms. The number of amides is 1. The van der Waals surface area contributed by atoms with Crippen molar-refractivity contribution in [2.24, 2.45) is 5.92 Å². The van der Waals surface area contributed by atoms with Gasteiger partial charge in [-0.15, -0.1) is 0 Å². The van der Waals surface area contributed by atoms with Crippen LogP contribution in [-0.4, -0.2) is 38.8 Å². The number of aromatic amines is 1. The summed E-state index contributed by atoms with van der Waals surface area (Å²) >= 11 is 0. The van der Waals surface area contributed by atoms with Gasteiger partial charge in [-0.2, -0.15) is 5.10 Å². The number of methoxy groups -OCH3 is 1. The third-order valence-electron chi connectivity index (χ3n) is 5.28. The lowest BCUT2D eigenvalue weighted by molar-refractivity contribution is -0.117. The van der Waals surface area contributed by atoms with Crippen LogP contribution in [0.15, 0.2) is 30.7 Å². The number of ether oxygens (including phenoxy) is 1. The number of anilines is 1. The quantitative estimate of drug-likeness (QED) is 0.551. The minimum atomic E-state index is -1.07. The number of aromatic nitrogens is 4. The molecular weight excluding hydrogens is 380 g/mol. The van der Waals surface area contributed by atoms with Crippen molar-refractivity contribution in [3.8, 4) is 16.9 Å². The molecule has 0 saturated heterocycles. The van der Waals surface area contributed by atoms with Crippen LogP contribution in [0.25, 0.3) is 27.7 Å². The number of rotatable bonds is 4. The first-order chi connectivity index (χ1) is 14.0. The molecule has 1 saturated carbocycles. The van der Waals surface area contributed by atoms with Crippen molar-refractivity contribution in [1.82, 2.24) is 19.6 Å². The maximum Gasteiger partial charge on any atom is 0.231 e. The van der Waals surface area contributed by atoms with E-state index < -0.39 is 17.9 Å². The van der Waals surface area contributed by atoms with Crippen molar-refractivity contribution < 1.29 is 18.3 Å². The lowest BCUT2D eigenvalue weighted by Crippen LogP contribution is -2.15. The van der Waals surface area contributed by atoms with Crippen molar-refractivity contribution in [3.05, 3.63) is 42.1 Å². The second-order valence-corrected chi connectivity index (χ2v) is 7.16. The molecule has 2 N–H and O–H groups in total. The summed E-state index contributed by atoms with van der Waals surface area (Å²) < 4.78 is 34.9. The minimum Gasteiger partial charge on any atom is -0.491 e. The second-order valence-electron chi connectivity index (χ2n) is 7.16. The summed E-state index contributed by atoms with van der Waals surface area (Å²) in [5, 5.41) is 10.2. The van der Waals surface area contributed by atoms with Crippen LogP contribution >= 0.6 is 0 Å². The number of hydrogen-bond donors (Lipinski definition) is 2. The maximum absolute atomic E-state index is 14.9. The number of pyridine rings is 1. The summed E-state index contributed by atoms with van der Waals surface area (Å²) in [6.07, 6.45) is 4.27. The number of benzene rings is 1. The summed E-state index contributed by atoms with van der Waals surface area (Å²) in [6.45, 7) is 1.69. The Morgan fingerprint density at radius 3 is 2.90 bits per heavy atom. The normalized spacial score (nSPS) is 18.3. The topological polar surface area (TPSA) is 84.3 Å². The number of imidazole rings is 1. The average Bonchev–Trinajstić information content (AvgIpc) is 3.08. The largest absolute Gasteiger partial charge is 0.491 e. The summed E-state index contributed by atoms with van der Waals surface area (Å²) in [5.74, 6) is -0.942. The first kappa shape index (κ1) is 17.6. The summed E-state index contributed by atoms with van der Waals surface area (Å²) in [6, 6.07) is 3.60. The number of carbonyl (C=O) groups excluding carboxylic acids is 1. The van der Waals surface area contributed by atoms with Crippen molar-refractivity contribution in [1.29, 1.82) is 0 Å². The molecule has 4 aromatic rings. The van der Waals surface area contributed by atoms with Gasteiger partial charge in [0.25, 0.3) is 0 Å². The highest BCUT2D eigenvalue weighted by Crippen LogP contribution is 2.39. The van der Waals surface area contributed by atoms with Crippen molar-refractivity contribution in [2.45, 2.75) is 19.5 Å². The Morgan fingerprint density at radius 1 is 1.38 bits per heavy atom. The van der Waals surface area contributed by atoms with Gasteiger partial charge in [-0.25, -0.2) is 13.8 Å². The van der Waals surface area contributed by atoms with Crippen LogP contribution in [0, 0.1) is 18.7 Å². The molecule has 9 heteroatoms. The highest BCUT2D eigenvalue weighted by Gasteiger charge is 2.43. The zero-order chi connectivity index (χ0) is 20.3. The first-order valence-corrected chi connectivity index (χ1v) is 9.11. The van der Waals surface area contributed by atoms with Gasteiger partial charge in [0, 0.05) is 17.1 Å². The molecule has 1 aliphatic rings. The zero-order valence-corrected chi connectivity index (χ0v) is 15.7. The Labute approximate surface area is 163 Å². The predicted octanol–water partition coefficient (Wildman–Crippen LogP) is 3.63. The van der Waals surface area contributed by atoms with Crippen LogP contribution in [0.3, 0.4) is 0 Å². The Balaban J connectivity index is 1.58. The lowest BCUT2D eigenvalue weighted by Gasteiger charge is -2.13. The Kier molecular flexibility index (Phi) is 3.80. The monoisotopic (exact) mass is 397 g/mol.